The third kappa shape index (κ3) is 15.7. The first kappa shape index (κ1) is 67.6. The van der Waals surface area contributed by atoms with Crippen LogP contribution in [-0.2, 0) is 74.9 Å². The van der Waals surface area contributed by atoms with E-state index in [4.69, 9.17) is 33.2 Å². The van der Waals surface area contributed by atoms with Crippen LogP contribution in [0.3, 0.4) is 0 Å². The van der Waals surface area contributed by atoms with E-state index in [1.54, 1.807) is 42.3 Å². The lowest BCUT2D eigenvalue weighted by atomic mass is 10.1. The van der Waals surface area contributed by atoms with E-state index in [1.165, 1.54) is 41.9 Å². The first-order valence-electron chi connectivity index (χ1n) is 29.8. The highest BCUT2D eigenvalue weighted by molar-refractivity contribution is 8.77. The van der Waals surface area contributed by atoms with Gasteiger partial charge in [-0.2, -0.15) is 16.8 Å². The SMILES string of the molecule is COCCOCCOCCN(CC(C)(C)SSCCC(C(=O)NCCN1C(=O)C=CC1=O)S(=O)(=O)O)c1cc(COc2cc3c(cc2OC)C(=O)N2c4ccccc4C[C@H]2CN3)cc(COc2cc3c(cc2OC)C(O)N2c4ccccc4C[C@H]2C(S(=O)(=O)O)N3)c1. The molecule has 0 saturated carbocycles. The summed E-state index contributed by atoms with van der Waals surface area (Å²) >= 11 is 0. The Hall–Kier alpha value is -7.32. The van der Waals surface area contributed by atoms with E-state index in [2.05, 4.69) is 20.9 Å². The Balaban J connectivity index is 0.930. The Labute approximate surface area is 542 Å². The molecule has 3 unspecified atom stereocenters. The number of anilines is 5. The molecule has 0 spiro atoms. The number of imide groups is 1. The lowest BCUT2D eigenvalue weighted by molar-refractivity contribution is -0.137. The highest BCUT2D eigenvalue weighted by atomic mass is 33.1. The Morgan fingerprint density at radius 2 is 1.39 bits per heavy atom. The number of hydrogen-bond donors (Lipinski definition) is 6. The standard InChI is InChI=1S/C63H75N7O18S4/c1-63(2,90-89-25-16-56(91(76,77)78)59(73)64-17-18-68-57(71)14-15-58(68)72)38-67(19-20-85-23-24-86-22-21-82-3)43-27-39(36-87-54-33-47-45(31-52(54)83-4)61(74)69-44(35-65-47)29-41-10-6-8-12-49(41)69)26-40(28-43)37-88-55-34-48-46(32-53(55)84-5)62(75)70-50-13-9-7-11-42(50)30-51(70)60(66-48)92(79,80)81/h6-15,26-28,31-34,44,51,56,60,62,65-66,75H,16-25,29-30,35-38H2,1-5H3,(H,64,73)(H,76,77,78)(H,79,80,81)/t44-,51-,56?,60?,62?/m0/s1. The van der Waals surface area contributed by atoms with Crippen LogP contribution < -0.4 is 49.6 Å². The van der Waals surface area contributed by atoms with Crippen LogP contribution >= 0.6 is 21.6 Å². The minimum atomic E-state index is -4.87. The average molecular weight is 1350 g/mol. The van der Waals surface area contributed by atoms with Gasteiger partial charge in [0.2, 0.25) is 5.91 Å². The van der Waals surface area contributed by atoms with Crippen LogP contribution in [0.15, 0.2) is 103 Å². The van der Waals surface area contributed by atoms with Crippen molar-refractivity contribution in [1.82, 2.24) is 10.2 Å². The van der Waals surface area contributed by atoms with E-state index in [0.29, 0.717) is 91.1 Å². The molecular weight excluding hydrogens is 1270 g/mol. The third-order valence-electron chi connectivity index (χ3n) is 16.3. The summed E-state index contributed by atoms with van der Waals surface area (Å²) in [5, 5.41) is 17.6. The Bertz CT molecular complexity index is 3800. The lowest BCUT2D eigenvalue weighted by Crippen LogP contribution is -2.48. The Morgan fingerprint density at radius 3 is 2.04 bits per heavy atom. The first-order chi connectivity index (χ1) is 44.0. The maximum atomic E-state index is 14.4. The van der Waals surface area contributed by atoms with Crippen molar-refractivity contribution in [3.63, 3.8) is 0 Å². The van der Waals surface area contributed by atoms with Crippen LogP contribution in [0.1, 0.15) is 64.7 Å². The van der Waals surface area contributed by atoms with Crippen LogP contribution in [0.2, 0.25) is 0 Å². The second kappa shape index (κ2) is 29.3. The van der Waals surface area contributed by atoms with Crippen molar-refractivity contribution >= 4 is 93.9 Å². The monoisotopic (exact) mass is 1350 g/mol. The zero-order valence-corrected chi connectivity index (χ0v) is 54.7. The normalized spacial score (nSPS) is 18.5. The van der Waals surface area contributed by atoms with E-state index < -0.39 is 65.6 Å². The molecule has 0 aromatic heterocycles. The van der Waals surface area contributed by atoms with Crippen molar-refractivity contribution < 1.29 is 83.4 Å². The molecule has 5 aromatic rings. The number of benzene rings is 5. The van der Waals surface area contributed by atoms with Gasteiger partial charge in [0.15, 0.2) is 39.8 Å². The van der Waals surface area contributed by atoms with E-state index in [0.717, 1.165) is 33.9 Å². The van der Waals surface area contributed by atoms with Gasteiger partial charge in [-0.1, -0.05) is 58.0 Å². The fourth-order valence-electron chi connectivity index (χ4n) is 11.9. The Kier molecular flexibility index (Phi) is 21.5. The van der Waals surface area contributed by atoms with Crippen LogP contribution in [0.4, 0.5) is 28.4 Å². The van der Waals surface area contributed by atoms with Crippen molar-refractivity contribution in [1.29, 1.82) is 0 Å². The molecule has 0 bridgehead atoms. The summed E-state index contributed by atoms with van der Waals surface area (Å²) in [6.45, 7) is 6.34. The van der Waals surface area contributed by atoms with E-state index in [9.17, 15) is 50.2 Å². The predicted octanol–water partition coefficient (Wildman–Crippen LogP) is 6.25. The largest absolute Gasteiger partial charge is 0.493 e. The van der Waals surface area contributed by atoms with Gasteiger partial charge < -0.3 is 68.9 Å². The number of para-hydroxylation sites is 2. The average Bonchev–Trinajstić information content (AvgIpc) is 1.61. The molecule has 29 heteroatoms. The summed E-state index contributed by atoms with van der Waals surface area (Å²) in [6.07, 6.45) is 1.49. The predicted molar refractivity (Wildman–Crippen MR) is 349 cm³/mol. The summed E-state index contributed by atoms with van der Waals surface area (Å²) in [5.41, 5.74) is 6.89. The number of amides is 4. The first-order valence-corrected chi connectivity index (χ1v) is 35.1. The van der Waals surface area contributed by atoms with Gasteiger partial charge in [-0.25, -0.2) is 0 Å². The Morgan fingerprint density at radius 1 is 0.772 bits per heavy atom. The van der Waals surface area contributed by atoms with E-state index in [1.807, 2.05) is 73.3 Å². The van der Waals surface area contributed by atoms with Gasteiger partial charge in [-0.05, 0) is 97.8 Å². The van der Waals surface area contributed by atoms with Crippen molar-refractivity contribution in [2.45, 2.75) is 80.0 Å². The van der Waals surface area contributed by atoms with Gasteiger partial charge in [0.25, 0.3) is 38.0 Å². The maximum absolute atomic E-state index is 14.4. The number of fused-ring (bicyclic) bond motifs is 8. The number of aliphatic hydroxyl groups is 1. The number of nitrogens with zero attached hydrogens (tertiary/aromatic N) is 4. The number of nitrogens with one attached hydrogen (secondary N) is 3. The number of aliphatic hydroxyl groups excluding tert-OH is 1. The summed E-state index contributed by atoms with van der Waals surface area (Å²) in [4.78, 5) is 58.0. The molecular formula is C63H75N7O18S4. The number of hydrogen-bond acceptors (Lipinski definition) is 22. The van der Waals surface area contributed by atoms with E-state index in [-0.39, 0.29) is 92.8 Å². The summed E-state index contributed by atoms with van der Waals surface area (Å²) in [6, 6.07) is 26.5. The second-order valence-electron chi connectivity index (χ2n) is 23.1. The van der Waals surface area contributed by atoms with Gasteiger partial charge in [0.05, 0.1) is 70.6 Å². The van der Waals surface area contributed by atoms with Crippen molar-refractivity contribution in [3.05, 3.63) is 137 Å². The van der Waals surface area contributed by atoms with Crippen LogP contribution in [0.5, 0.6) is 23.0 Å². The van der Waals surface area contributed by atoms with Crippen LogP contribution in [0.25, 0.3) is 0 Å². The summed E-state index contributed by atoms with van der Waals surface area (Å²) < 4.78 is 114. The minimum absolute atomic E-state index is 0.0147. The third-order valence-corrected chi connectivity index (χ3v) is 21.8. The van der Waals surface area contributed by atoms with Crippen molar-refractivity contribution in [2.24, 2.45) is 0 Å². The number of ether oxygens (including phenoxy) is 7. The fraction of sp³-hybridized carbons (Fsp3) is 0.429. The van der Waals surface area contributed by atoms with E-state index >= 15 is 0 Å². The molecule has 0 aliphatic carbocycles. The fourth-order valence-corrected chi connectivity index (χ4v) is 16.4. The molecule has 0 fully saturated rings. The topological polar surface area (TPSA) is 311 Å². The second-order valence-corrected chi connectivity index (χ2v) is 29.3. The van der Waals surface area contributed by atoms with Gasteiger partial charge in [-0.3, -0.25) is 33.2 Å². The quantitative estimate of drug-likeness (QED) is 0.0124. The van der Waals surface area contributed by atoms with Gasteiger partial charge >= 0.3 is 0 Å². The van der Waals surface area contributed by atoms with Gasteiger partial charge in [-0.15, -0.1) is 0 Å². The zero-order chi connectivity index (χ0) is 65.5. The van der Waals surface area contributed by atoms with Crippen LogP contribution in [0, 0.1) is 0 Å². The minimum Gasteiger partial charge on any atom is -0.493 e. The molecule has 5 heterocycles. The summed E-state index contributed by atoms with van der Waals surface area (Å²) in [5.74, 6) is -1.05. The maximum Gasteiger partial charge on any atom is 0.288 e. The summed E-state index contributed by atoms with van der Waals surface area (Å²) in [7, 11) is -2.36. The molecule has 6 N–H and O–H groups in total. The zero-order valence-electron chi connectivity index (χ0n) is 51.4. The smallest absolute Gasteiger partial charge is 0.288 e. The highest BCUT2D eigenvalue weighted by Crippen LogP contribution is 2.48. The number of rotatable bonds is 31. The number of carbonyl (C=O) groups is 4. The molecule has 0 saturated heterocycles. The molecule has 5 atom stereocenters. The van der Waals surface area contributed by atoms with Crippen molar-refractivity contribution in [2.75, 3.05) is 118 Å². The molecule has 10 rings (SSSR count). The molecule has 5 aliphatic heterocycles. The van der Waals surface area contributed by atoms with Gasteiger partial charge in [0, 0.05) is 103 Å². The molecule has 25 nitrogen and oxygen atoms in total. The van der Waals surface area contributed by atoms with Gasteiger partial charge in [0.1, 0.15) is 13.2 Å². The molecule has 0 radical (unpaired) electrons. The number of carbonyl (C=O) groups excluding carboxylic acids is 4. The van der Waals surface area contributed by atoms with Crippen LogP contribution in [-0.4, -0.2) is 180 Å². The molecule has 4 amide bonds. The highest BCUT2D eigenvalue weighted by Gasteiger charge is 2.47. The molecule has 5 aromatic carbocycles. The molecule has 92 heavy (non-hydrogen) atoms. The molecule has 494 valence electrons. The van der Waals surface area contributed by atoms with Crippen molar-refractivity contribution in [3.8, 4) is 23.0 Å². The molecule has 5 aliphatic rings. The lowest BCUT2D eigenvalue weighted by Gasteiger charge is -2.34. The number of methoxy groups -OCH3 is 3.